The third-order valence-corrected chi connectivity index (χ3v) is 6.60. The first kappa shape index (κ1) is 29.2. The molecule has 0 radical (unpaired) electrons. The number of rotatable bonds is 6. The van der Waals surface area contributed by atoms with Crippen molar-refractivity contribution in [1.29, 1.82) is 5.26 Å². The largest absolute Gasteiger partial charge is 0.494 e. The third-order valence-electron chi connectivity index (χ3n) is 6.12. The Morgan fingerprint density at radius 3 is 2.00 bits per heavy atom. The quantitative estimate of drug-likeness (QED) is 0.255. The van der Waals surface area contributed by atoms with Crippen molar-refractivity contribution in [3.63, 3.8) is 0 Å². The monoisotopic (exact) mass is 478 g/mol. The molecule has 0 aromatic heterocycles. The fourth-order valence-electron chi connectivity index (χ4n) is 4.52. The van der Waals surface area contributed by atoms with E-state index in [2.05, 4.69) is 57.5 Å². The Bertz CT molecular complexity index is 1190. The summed E-state index contributed by atoms with van der Waals surface area (Å²) in [5.74, 6) is -0.221. The van der Waals surface area contributed by atoms with Crippen molar-refractivity contribution in [1.82, 2.24) is 0 Å². The number of hydrogen-bond donors (Lipinski definition) is 1. The number of hydrogen-bond acceptors (Lipinski definition) is 3. The third kappa shape index (κ3) is 5.62. The van der Waals surface area contributed by atoms with Gasteiger partial charge in [0.25, 0.3) is 0 Å². The highest BCUT2D eigenvalue weighted by atomic mass is 35.5. The van der Waals surface area contributed by atoms with Crippen molar-refractivity contribution in [2.45, 2.75) is 82.1 Å². The maximum absolute atomic E-state index is 10.0. The van der Waals surface area contributed by atoms with Crippen molar-refractivity contribution >= 4 is 22.9 Å². The van der Waals surface area contributed by atoms with Gasteiger partial charge in [-0.15, -0.1) is 0 Å². The fraction of sp³-hybridized carbons (Fsp3) is 0.400. The maximum Gasteiger partial charge on any atom is 0.203 e. The van der Waals surface area contributed by atoms with Crippen LogP contribution in [0.1, 0.15) is 87.4 Å². The summed E-state index contributed by atoms with van der Waals surface area (Å²) in [7, 11) is 0. The molecule has 0 heterocycles. The van der Waals surface area contributed by atoms with Crippen LogP contribution in [0, 0.1) is 32.1 Å². The van der Waals surface area contributed by atoms with E-state index in [1.807, 2.05) is 41.5 Å². The number of aliphatic hydroxyl groups excluding tert-OH is 1. The van der Waals surface area contributed by atoms with Crippen LogP contribution in [-0.4, -0.2) is 10.8 Å². The molecule has 0 aliphatic heterocycles. The van der Waals surface area contributed by atoms with Gasteiger partial charge in [-0.2, -0.15) is 5.26 Å². The first-order valence-electron chi connectivity index (χ1n) is 12.0. The summed E-state index contributed by atoms with van der Waals surface area (Å²) in [6.45, 7) is 23.7. The predicted octanol–water partition coefficient (Wildman–Crippen LogP) is 9.24. The summed E-state index contributed by atoms with van der Waals surface area (Å²) >= 11 is 7.08. The summed E-state index contributed by atoms with van der Waals surface area (Å²) in [6, 6.07) is 6.62. The second kappa shape index (κ2) is 12.6. The molecule has 3 nitrogen and oxygen atoms in total. The zero-order chi connectivity index (χ0) is 26.3. The van der Waals surface area contributed by atoms with Gasteiger partial charge in [-0.25, -0.2) is 4.99 Å². The standard InChI is InChI=1S/C28H33ClN2O.C2H6/c1-10-21-22(11-2)27(28(29)18(7)25(21)19(8)31-20(9)32)23-13-12-16(5)17(6)26(23)24(14-30)15(3)4;1-2/h12-13,32H,9-11H2,1-8H3;1-2H3/b31-19-;. The van der Waals surface area contributed by atoms with Crippen LogP contribution >= 0.6 is 11.6 Å². The van der Waals surface area contributed by atoms with Crippen LogP contribution in [0.3, 0.4) is 0 Å². The van der Waals surface area contributed by atoms with Crippen LogP contribution in [0.4, 0.5) is 0 Å². The number of allylic oxidation sites excluding steroid dienone is 2. The van der Waals surface area contributed by atoms with E-state index in [9.17, 15) is 10.4 Å². The van der Waals surface area contributed by atoms with Crippen LogP contribution in [-0.2, 0) is 12.8 Å². The molecule has 4 heteroatoms. The highest BCUT2D eigenvalue weighted by Gasteiger charge is 2.25. The van der Waals surface area contributed by atoms with Gasteiger partial charge < -0.3 is 5.11 Å². The molecule has 0 saturated carbocycles. The SMILES string of the molecule is C=C(O)/N=C(/C)c1c(C)c(Cl)c(-c2ccc(C)c(C)c2C(C#N)=C(C)C)c(CC)c1CC.CC. The average Bonchev–Trinajstić information content (AvgIpc) is 2.79. The van der Waals surface area contributed by atoms with E-state index in [0.29, 0.717) is 16.3 Å². The lowest BCUT2D eigenvalue weighted by Gasteiger charge is -2.25. The van der Waals surface area contributed by atoms with Gasteiger partial charge in [0.15, 0.2) is 0 Å². The first-order chi connectivity index (χ1) is 16.0. The summed E-state index contributed by atoms with van der Waals surface area (Å²) in [6.07, 6.45) is 1.57. The summed E-state index contributed by atoms with van der Waals surface area (Å²) in [5.41, 5.74) is 11.7. The van der Waals surface area contributed by atoms with Crippen molar-refractivity contribution in [2.24, 2.45) is 4.99 Å². The molecule has 2 rings (SSSR count). The van der Waals surface area contributed by atoms with Gasteiger partial charge in [0.05, 0.1) is 16.7 Å². The summed E-state index contributed by atoms with van der Waals surface area (Å²) in [4.78, 5) is 4.21. The van der Waals surface area contributed by atoms with E-state index >= 15 is 0 Å². The number of aliphatic hydroxyl groups is 1. The molecule has 182 valence electrons. The van der Waals surface area contributed by atoms with Crippen LogP contribution < -0.4 is 0 Å². The molecule has 0 spiro atoms. The molecule has 0 amide bonds. The predicted molar refractivity (Wildman–Crippen MR) is 149 cm³/mol. The lowest BCUT2D eigenvalue weighted by molar-refractivity contribution is 0.410. The molecular weight excluding hydrogens is 440 g/mol. The van der Waals surface area contributed by atoms with Crippen molar-refractivity contribution < 1.29 is 5.11 Å². The average molecular weight is 479 g/mol. The second-order valence-electron chi connectivity index (χ2n) is 8.38. The van der Waals surface area contributed by atoms with Crippen LogP contribution in [0.15, 0.2) is 35.2 Å². The van der Waals surface area contributed by atoms with Gasteiger partial charge in [0.1, 0.15) is 0 Å². The van der Waals surface area contributed by atoms with E-state index < -0.39 is 0 Å². The molecule has 2 aromatic carbocycles. The van der Waals surface area contributed by atoms with E-state index in [0.717, 1.165) is 68.5 Å². The minimum absolute atomic E-state index is 0.221. The van der Waals surface area contributed by atoms with Crippen LogP contribution in [0.25, 0.3) is 16.7 Å². The molecule has 0 atom stereocenters. The molecule has 0 aliphatic carbocycles. The molecule has 2 aromatic rings. The van der Waals surface area contributed by atoms with Gasteiger partial charge in [0, 0.05) is 22.4 Å². The Morgan fingerprint density at radius 1 is 1.00 bits per heavy atom. The molecule has 0 aliphatic rings. The van der Waals surface area contributed by atoms with Crippen molar-refractivity contribution in [2.75, 3.05) is 0 Å². The summed E-state index contributed by atoms with van der Waals surface area (Å²) in [5, 5.41) is 20.3. The van der Waals surface area contributed by atoms with Gasteiger partial charge >= 0.3 is 0 Å². The molecule has 0 saturated heterocycles. The van der Waals surface area contributed by atoms with E-state index in [1.165, 1.54) is 0 Å². The van der Waals surface area contributed by atoms with Crippen molar-refractivity contribution in [3.8, 4) is 17.2 Å². The smallest absolute Gasteiger partial charge is 0.203 e. The Labute approximate surface area is 211 Å². The number of nitrogens with zero attached hydrogens (tertiary/aromatic N) is 2. The molecule has 0 bridgehead atoms. The van der Waals surface area contributed by atoms with Crippen LogP contribution in [0.5, 0.6) is 0 Å². The number of halogens is 1. The molecule has 1 N–H and O–H groups in total. The Hall–Kier alpha value is -2.83. The van der Waals surface area contributed by atoms with Gasteiger partial charge in [-0.3, -0.25) is 0 Å². The van der Waals surface area contributed by atoms with E-state index in [4.69, 9.17) is 11.6 Å². The topological polar surface area (TPSA) is 56.4 Å². The minimum atomic E-state index is -0.221. The number of nitriles is 1. The summed E-state index contributed by atoms with van der Waals surface area (Å²) < 4.78 is 0. The lowest BCUT2D eigenvalue weighted by Crippen LogP contribution is -2.11. The Balaban J connectivity index is 0.00000281. The van der Waals surface area contributed by atoms with Crippen LogP contribution in [0.2, 0.25) is 5.02 Å². The zero-order valence-corrected chi connectivity index (χ0v) is 23.3. The molecule has 34 heavy (non-hydrogen) atoms. The highest BCUT2D eigenvalue weighted by molar-refractivity contribution is 6.35. The molecule has 0 unspecified atom stereocenters. The minimum Gasteiger partial charge on any atom is -0.494 e. The second-order valence-corrected chi connectivity index (χ2v) is 8.76. The van der Waals surface area contributed by atoms with E-state index in [1.54, 1.807) is 0 Å². The molecular formula is C30H39ClN2O. The maximum atomic E-state index is 10.0. The van der Waals surface area contributed by atoms with Crippen molar-refractivity contribution in [3.05, 3.63) is 74.1 Å². The zero-order valence-electron chi connectivity index (χ0n) is 22.5. The number of aliphatic imine (C=N–C) groups is 1. The highest BCUT2D eigenvalue weighted by Crippen LogP contribution is 2.44. The first-order valence-corrected chi connectivity index (χ1v) is 12.3. The van der Waals surface area contributed by atoms with Gasteiger partial charge in [0.2, 0.25) is 5.88 Å². The van der Waals surface area contributed by atoms with E-state index in [-0.39, 0.29) is 5.88 Å². The number of benzene rings is 2. The lowest BCUT2D eigenvalue weighted by atomic mass is 9.81. The van der Waals surface area contributed by atoms with Gasteiger partial charge in [-0.1, -0.05) is 57.0 Å². The molecule has 0 fully saturated rings. The normalized spacial score (nSPS) is 10.8. The Morgan fingerprint density at radius 2 is 1.56 bits per heavy atom. The fourth-order valence-corrected chi connectivity index (χ4v) is 4.83. The number of aryl methyl sites for hydroxylation is 1. The van der Waals surface area contributed by atoms with Gasteiger partial charge in [-0.05, 0) is 94.3 Å². The Kier molecular flexibility index (Phi) is 10.8.